The van der Waals surface area contributed by atoms with E-state index in [2.05, 4.69) is 26.5 Å². The molecule has 1 aromatic heterocycles. The van der Waals surface area contributed by atoms with Gasteiger partial charge in [-0.2, -0.15) is 5.10 Å². The highest BCUT2D eigenvalue weighted by Crippen LogP contribution is 2.27. The Hall–Kier alpha value is -3.11. The first-order valence-corrected chi connectivity index (χ1v) is 14.4. The Morgan fingerprint density at radius 2 is 1.68 bits per heavy atom. The van der Waals surface area contributed by atoms with Gasteiger partial charge in [-0.05, 0) is 68.4 Å². The van der Waals surface area contributed by atoms with E-state index >= 15 is 0 Å². The van der Waals surface area contributed by atoms with E-state index in [1.165, 1.54) is 18.3 Å². The Labute approximate surface area is 239 Å². The first kappa shape index (κ1) is 27.9. The lowest BCUT2D eigenvalue weighted by molar-refractivity contribution is -0.119. The number of nitrogens with one attached hydrogen (secondary N) is 1. The van der Waals surface area contributed by atoms with Crippen LogP contribution in [0.3, 0.4) is 0 Å². The van der Waals surface area contributed by atoms with Gasteiger partial charge in [0.1, 0.15) is 6.54 Å². The van der Waals surface area contributed by atoms with Crippen LogP contribution < -0.4 is 9.73 Å². The highest BCUT2D eigenvalue weighted by molar-refractivity contribution is 9.10. The number of halogens is 3. The summed E-state index contributed by atoms with van der Waals surface area (Å²) >= 11 is 15.7. The minimum atomic E-state index is -4.01. The van der Waals surface area contributed by atoms with E-state index in [0.717, 1.165) is 26.9 Å². The molecule has 1 N–H and O–H groups in total. The molecule has 0 fully saturated rings. The van der Waals surface area contributed by atoms with E-state index in [0.29, 0.717) is 20.2 Å². The summed E-state index contributed by atoms with van der Waals surface area (Å²) < 4.78 is 30.5. The second-order valence-electron chi connectivity index (χ2n) is 8.39. The fourth-order valence-electron chi connectivity index (χ4n) is 3.99. The van der Waals surface area contributed by atoms with E-state index in [1.807, 2.05) is 24.5 Å². The molecule has 1 amide bonds. The highest BCUT2D eigenvalue weighted by atomic mass is 79.9. The van der Waals surface area contributed by atoms with Gasteiger partial charge in [0, 0.05) is 37.2 Å². The number of carbonyl (C=O) groups is 1. The molecule has 1 heterocycles. The Bertz CT molecular complexity index is 1600. The number of amides is 1. The maximum Gasteiger partial charge on any atom is 0.264 e. The van der Waals surface area contributed by atoms with E-state index in [9.17, 15) is 13.2 Å². The van der Waals surface area contributed by atoms with Crippen LogP contribution in [0.5, 0.6) is 0 Å². The summed E-state index contributed by atoms with van der Waals surface area (Å²) in [5.74, 6) is -0.601. The molecule has 0 aliphatic heterocycles. The minimum absolute atomic E-state index is 0.0739. The van der Waals surface area contributed by atoms with Crippen molar-refractivity contribution in [3.63, 3.8) is 0 Å². The van der Waals surface area contributed by atoms with E-state index in [1.54, 1.807) is 60.7 Å². The number of hydrogen-bond acceptors (Lipinski definition) is 4. The van der Waals surface area contributed by atoms with Gasteiger partial charge in [0.2, 0.25) is 0 Å². The third kappa shape index (κ3) is 6.30. The predicted octanol–water partition coefficient (Wildman–Crippen LogP) is 6.51. The van der Waals surface area contributed by atoms with Crippen molar-refractivity contribution in [1.82, 2.24) is 9.99 Å². The quantitative estimate of drug-likeness (QED) is 0.177. The van der Waals surface area contributed by atoms with Gasteiger partial charge in [-0.25, -0.2) is 13.8 Å². The van der Waals surface area contributed by atoms with Crippen molar-refractivity contribution < 1.29 is 13.2 Å². The zero-order chi connectivity index (χ0) is 27.4. The molecule has 0 spiro atoms. The fourth-order valence-corrected chi connectivity index (χ4v) is 6.33. The second-order valence-corrected chi connectivity index (χ2v) is 12.0. The fraction of sp³-hybridized carbons (Fsp3) is 0.111. The van der Waals surface area contributed by atoms with E-state index < -0.39 is 22.5 Å². The SMILES string of the molecule is Cc1cc(/C=N\NC(=O)CN(c2cccc(Br)c2)S(=O)(=O)c2ccccc2)c(C)n1-c1cc(Cl)cc(Cl)c1. The lowest BCUT2D eigenvalue weighted by Gasteiger charge is -2.23. The highest BCUT2D eigenvalue weighted by Gasteiger charge is 2.27. The molecule has 0 aliphatic carbocycles. The molecule has 4 aromatic rings. The van der Waals surface area contributed by atoms with Crippen LogP contribution >= 0.6 is 39.1 Å². The van der Waals surface area contributed by atoms with Crippen molar-refractivity contribution in [2.24, 2.45) is 5.10 Å². The van der Waals surface area contributed by atoms with Gasteiger partial charge in [-0.15, -0.1) is 0 Å². The normalized spacial score (nSPS) is 11.6. The Kier molecular flexibility index (Phi) is 8.62. The Morgan fingerprint density at radius 3 is 2.34 bits per heavy atom. The number of anilines is 1. The lowest BCUT2D eigenvalue weighted by atomic mass is 10.2. The van der Waals surface area contributed by atoms with Crippen LogP contribution in [0, 0.1) is 13.8 Å². The van der Waals surface area contributed by atoms with Gasteiger partial charge in [-0.1, -0.05) is 63.4 Å². The molecule has 0 atom stereocenters. The number of rotatable bonds is 8. The summed E-state index contributed by atoms with van der Waals surface area (Å²) in [7, 11) is -4.01. The van der Waals surface area contributed by atoms with Gasteiger partial charge in [-0.3, -0.25) is 9.10 Å². The van der Waals surface area contributed by atoms with Crippen molar-refractivity contribution in [2.45, 2.75) is 18.7 Å². The standard InChI is InChI=1S/C27H23BrCl2N4O3S/c1-18-11-20(19(2)34(18)25-14-22(29)13-23(30)15-25)16-31-32-27(35)17-33(24-8-6-7-21(28)12-24)38(36,37)26-9-4-3-5-10-26/h3-16H,17H2,1-2H3,(H,32,35)/b31-16-. The van der Waals surface area contributed by atoms with E-state index in [4.69, 9.17) is 23.2 Å². The molecule has 0 radical (unpaired) electrons. The third-order valence-corrected chi connectivity index (χ3v) is 8.40. The lowest BCUT2D eigenvalue weighted by Crippen LogP contribution is -2.39. The number of benzene rings is 3. The molecule has 3 aromatic carbocycles. The predicted molar refractivity (Wildman–Crippen MR) is 156 cm³/mol. The Morgan fingerprint density at radius 1 is 1.00 bits per heavy atom. The molecule has 0 aliphatic rings. The zero-order valence-electron chi connectivity index (χ0n) is 20.4. The molecule has 7 nitrogen and oxygen atoms in total. The summed E-state index contributed by atoms with van der Waals surface area (Å²) in [5, 5.41) is 5.12. The average Bonchev–Trinajstić information content (AvgIpc) is 3.15. The summed E-state index contributed by atoms with van der Waals surface area (Å²) in [4.78, 5) is 12.9. The van der Waals surface area contributed by atoms with Crippen molar-refractivity contribution >= 4 is 67.0 Å². The van der Waals surface area contributed by atoms with Crippen LogP contribution in [0.15, 0.2) is 93.3 Å². The number of aryl methyl sites for hydroxylation is 1. The maximum absolute atomic E-state index is 13.4. The van der Waals surface area contributed by atoms with Crippen molar-refractivity contribution in [1.29, 1.82) is 0 Å². The van der Waals surface area contributed by atoms with Crippen LogP contribution in [-0.2, 0) is 14.8 Å². The van der Waals surface area contributed by atoms with Gasteiger partial charge in [0.25, 0.3) is 15.9 Å². The molecule has 0 unspecified atom stereocenters. The topological polar surface area (TPSA) is 83.8 Å². The van der Waals surface area contributed by atoms with Gasteiger partial charge >= 0.3 is 0 Å². The third-order valence-electron chi connectivity index (χ3n) is 5.68. The van der Waals surface area contributed by atoms with Crippen LogP contribution in [-0.4, -0.2) is 31.7 Å². The largest absolute Gasteiger partial charge is 0.318 e. The maximum atomic E-state index is 13.4. The molecule has 0 saturated heterocycles. The number of sulfonamides is 1. The molecule has 0 bridgehead atoms. The molecule has 11 heteroatoms. The minimum Gasteiger partial charge on any atom is -0.318 e. The average molecular weight is 634 g/mol. The smallest absolute Gasteiger partial charge is 0.264 e. The number of aromatic nitrogens is 1. The van der Waals surface area contributed by atoms with Gasteiger partial charge in [0.15, 0.2) is 0 Å². The van der Waals surface area contributed by atoms with Gasteiger partial charge in [0.05, 0.1) is 16.8 Å². The summed E-state index contributed by atoms with van der Waals surface area (Å²) in [5.41, 5.74) is 6.13. The van der Waals surface area contributed by atoms with Gasteiger partial charge < -0.3 is 4.57 Å². The van der Waals surface area contributed by atoms with Crippen LogP contribution in [0.4, 0.5) is 5.69 Å². The summed E-state index contributed by atoms with van der Waals surface area (Å²) in [6, 6.07) is 21.9. The summed E-state index contributed by atoms with van der Waals surface area (Å²) in [6.07, 6.45) is 1.51. The number of carbonyl (C=O) groups excluding carboxylic acids is 1. The van der Waals surface area contributed by atoms with Crippen LogP contribution in [0.2, 0.25) is 10.0 Å². The second kappa shape index (κ2) is 11.7. The number of hydrogen-bond donors (Lipinski definition) is 1. The van der Waals surface area contributed by atoms with Crippen LogP contribution in [0.25, 0.3) is 5.69 Å². The van der Waals surface area contributed by atoms with E-state index in [-0.39, 0.29) is 4.90 Å². The molecule has 0 saturated carbocycles. The monoisotopic (exact) mass is 632 g/mol. The van der Waals surface area contributed by atoms with Crippen molar-refractivity contribution in [3.05, 3.63) is 110 Å². The summed E-state index contributed by atoms with van der Waals surface area (Å²) in [6.45, 7) is 3.37. The molecule has 196 valence electrons. The molecular weight excluding hydrogens is 611 g/mol. The zero-order valence-corrected chi connectivity index (χ0v) is 24.3. The number of hydrazone groups is 1. The van der Waals surface area contributed by atoms with Crippen molar-refractivity contribution in [2.75, 3.05) is 10.8 Å². The first-order chi connectivity index (χ1) is 18.1. The van der Waals surface area contributed by atoms with Crippen LogP contribution in [0.1, 0.15) is 17.0 Å². The molecule has 4 rings (SSSR count). The molecular formula is C27H23BrCl2N4O3S. The molecule has 38 heavy (non-hydrogen) atoms. The Balaban J connectivity index is 1.55. The first-order valence-electron chi connectivity index (χ1n) is 11.4. The number of nitrogens with zero attached hydrogens (tertiary/aromatic N) is 3. The van der Waals surface area contributed by atoms with Crippen molar-refractivity contribution in [3.8, 4) is 5.69 Å².